The number of aryl methyl sites for hydroxylation is 2. The molecule has 0 radical (unpaired) electrons. The predicted molar refractivity (Wildman–Crippen MR) is 80.5 cm³/mol. The molecule has 0 saturated heterocycles. The van der Waals surface area contributed by atoms with Crippen LogP contribution in [0.25, 0.3) is 0 Å². The molecule has 106 valence electrons. The number of carbonyl (C=O) groups is 1. The number of aromatic nitrogens is 1. The lowest BCUT2D eigenvalue weighted by Crippen LogP contribution is -2.11. The van der Waals surface area contributed by atoms with Gasteiger partial charge in [0.1, 0.15) is 0 Å². The number of hydrogen-bond donors (Lipinski definition) is 1. The van der Waals surface area contributed by atoms with E-state index in [1.807, 2.05) is 43.7 Å². The molecule has 5 heteroatoms. The fourth-order valence-electron chi connectivity index (χ4n) is 2.01. The first kappa shape index (κ1) is 14.5. The minimum atomic E-state index is -0.807. The summed E-state index contributed by atoms with van der Waals surface area (Å²) in [6.07, 6.45) is 0. The van der Waals surface area contributed by atoms with Crippen molar-refractivity contribution in [1.82, 2.24) is 4.57 Å². The summed E-state index contributed by atoms with van der Waals surface area (Å²) in [5, 5.41) is 11.1. The quantitative estimate of drug-likeness (QED) is 0.944. The lowest BCUT2D eigenvalue weighted by Gasteiger charge is -2.10. The number of thiazole rings is 1. The van der Waals surface area contributed by atoms with Crippen molar-refractivity contribution in [3.05, 3.63) is 45.2 Å². The maximum Gasteiger partial charge on any atom is 0.310 e. The van der Waals surface area contributed by atoms with Crippen LogP contribution in [0.4, 0.5) is 5.69 Å². The average Bonchev–Trinajstić information content (AvgIpc) is 2.70. The molecule has 1 atom stereocenters. The Morgan fingerprint density at radius 3 is 2.60 bits per heavy atom. The Bertz CT molecular complexity index is 713. The number of rotatable bonds is 3. The number of hydrogen-bond acceptors (Lipinski definition) is 3. The van der Waals surface area contributed by atoms with Crippen LogP contribution in [0.1, 0.15) is 29.7 Å². The van der Waals surface area contributed by atoms with Crippen molar-refractivity contribution in [1.29, 1.82) is 0 Å². The first-order valence-corrected chi connectivity index (χ1v) is 7.27. The van der Waals surface area contributed by atoms with Crippen LogP contribution in [0.15, 0.2) is 28.6 Å². The van der Waals surface area contributed by atoms with Gasteiger partial charge >= 0.3 is 5.97 Å². The Morgan fingerprint density at radius 2 is 2.10 bits per heavy atom. The van der Waals surface area contributed by atoms with Gasteiger partial charge in [-0.05, 0) is 44.0 Å². The second kappa shape index (κ2) is 5.63. The predicted octanol–water partition coefficient (Wildman–Crippen LogP) is 3.12. The lowest BCUT2D eigenvalue weighted by molar-refractivity contribution is -0.138. The second-order valence-electron chi connectivity index (χ2n) is 4.93. The molecule has 2 rings (SSSR count). The smallest absolute Gasteiger partial charge is 0.310 e. The standard InChI is InChI=1S/C15H18N2O2S/c1-9-7-12(5-6-13(9)11(3)14(18)19)16-15-17(4)10(2)8-20-15/h5-8,11H,1-4H3,(H,18,19). The molecule has 1 heterocycles. The van der Waals surface area contributed by atoms with Gasteiger partial charge in [-0.15, -0.1) is 11.3 Å². The molecular weight excluding hydrogens is 272 g/mol. The molecule has 1 unspecified atom stereocenters. The van der Waals surface area contributed by atoms with E-state index < -0.39 is 11.9 Å². The van der Waals surface area contributed by atoms with Crippen molar-refractivity contribution in [2.75, 3.05) is 0 Å². The van der Waals surface area contributed by atoms with Gasteiger partial charge < -0.3 is 9.67 Å². The molecule has 20 heavy (non-hydrogen) atoms. The van der Waals surface area contributed by atoms with E-state index in [4.69, 9.17) is 5.11 Å². The van der Waals surface area contributed by atoms with Crippen molar-refractivity contribution < 1.29 is 9.90 Å². The monoisotopic (exact) mass is 290 g/mol. The average molecular weight is 290 g/mol. The highest BCUT2D eigenvalue weighted by Crippen LogP contribution is 2.24. The van der Waals surface area contributed by atoms with Gasteiger partial charge in [0.05, 0.1) is 11.6 Å². The van der Waals surface area contributed by atoms with Crippen molar-refractivity contribution in [3.63, 3.8) is 0 Å². The molecule has 0 fully saturated rings. The molecule has 1 aromatic carbocycles. The fourth-order valence-corrected chi connectivity index (χ4v) is 2.90. The highest BCUT2D eigenvalue weighted by molar-refractivity contribution is 7.07. The van der Waals surface area contributed by atoms with E-state index in [9.17, 15) is 4.79 Å². The van der Waals surface area contributed by atoms with Crippen LogP contribution in [0.2, 0.25) is 0 Å². The van der Waals surface area contributed by atoms with E-state index in [0.717, 1.165) is 21.6 Å². The molecule has 0 amide bonds. The molecule has 0 aliphatic carbocycles. The van der Waals surface area contributed by atoms with E-state index in [0.29, 0.717) is 0 Å². The Hall–Kier alpha value is -1.88. The zero-order chi connectivity index (χ0) is 14.9. The number of carboxylic acids is 1. The van der Waals surface area contributed by atoms with Crippen LogP contribution in [-0.2, 0) is 11.8 Å². The van der Waals surface area contributed by atoms with Crippen molar-refractivity contribution in [2.45, 2.75) is 26.7 Å². The van der Waals surface area contributed by atoms with Crippen molar-refractivity contribution in [2.24, 2.45) is 12.0 Å². The molecule has 0 saturated carbocycles. The van der Waals surface area contributed by atoms with Crippen LogP contribution in [0.5, 0.6) is 0 Å². The Balaban J connectivity index is 2.42. The Labute approximate surface area is 122 Å². The van der Waals surface area contributed by atoms with E-state index in [-0.39, 0.29) is 0 Å². The summed E-state index contributed by atoms with van der Waals surface area (Å²) < 4.78 is 2.04. The summed E-state index contributed by atoms with van der Waals surface area (Å²) in [7, 11) is 1.98. The van der Waals surface area contributed by atoms with Crippen LogP contribution in [0.3, 0.4) is 0 Å². The zero-order valence-corrected chi connectivity index (χ0v) is 12.9. The molecule has 1 aromatic heterocycles. The topological polar surface area (TPSA) is 54.6 Å². The van der Waals surface area contributed by atoms with Gasteiger partial charge in [-0.3, -0.25) is 4.79 Å². The first-order chi connectivity index (χ1) is 9.40. The maximum absolute atomic E-state index is 11.1. The third kappa shape index (κ3) is 2.82. The number of nitrogens with zero attached hydrogens (tertiary/aromatic N) is 2. The molecule has 0 aliphatic rings. The molecular formula is C15H18N2O2S. The fraction of sp³-hybridized carbons (Fsp3) is 0.333. The normalized spacial score (nSPS) is 13.5. The Morgan fingerprint density at radius 1 is 1.40 bits per heavy atom. The highest BCUT2D eigenvalue weighted by atomic mass is 32.1. The van der Waals surface area contributed by atoms with Gasteiger partial charge in [0.25, 0.3) is 0 Å². The summed E-state index contributed by atoms with van der Waals surface area (Å²) in [6, 6.07) is 5.66. The first-order valence-electron chi connectivity index (χ1n) is 6.39. The summed E-state index contributed by atoms with van der Waals surface area (Å²) in [6.45, 7) is 5.66. The third-order valence-corrected chi connectivity index (χ3v) is 4.50. The molecule has 2 aromatic rings. The van der Waals surface area contributed by atoms with Gasteiger partial charge in [-0.2, -0.15) is 0 Å². The van der Waals surface area contributed by atoms with Crippen LogP contribution in [-0.4, -0.2) is 15.6 Å². The van der Waals surface area contributed by atoms with Gasteiger partial charge in [0, 0.05) is 18.1 Å². The molecule has 0 aliphatic heterocycles. The third-order valence-electron chi connectivity index (χ3n) is 3.47. The van der Waals surface area contributed by atoms with E-state index >= 15 is 0 Å². The van der Waals surface area contributed by atoms with Crippen LogP contribution in [0, 0.1) is 13.8 Å². The summed E-state index contributed by atoms with van der Waals surface area (Å²) in [5.74, 6) is -1.30. The summed E-state index contributed by atoms with van der Waals surface area (Å²) >= 11 is 1.59. The van der Waals surface area contributed by atoms with Gasteiger partial charge in [-0.25, -0.2) is 4.99 Å². The maximum atomic E-state index is 11.1. The van der Waals surface area contributed by atoms with Crippen molar-refractivity contribution >= 4 is 23.0 Å². The molecule has 4 nitrogen and oxygen atoms in total. The largest absolute Gasteiger partial charge is 0.481 e. The van der Waals surface area contributed by atoms with Gasteiger partial charge in [0.2, 0.25) is 0 Å². The number of benzene rings is 1. The highest BCUT2D eigenvalue weighted by Gasteiger charge is 2.15. The van der Waals surface area contributed by atoms with Gasteiger partial charge in [0.15, 0.2) is 4.80 Å². The molecule has 1 N–H and O–H groups in total. The van der Waals surface area contributed by atoms with Gasteiger partial charge in [-0.1, -0.05) is 6.07 Å². The minimum Gasteiger partial charge on any atom is -0.481 e. The zero-order valence-electron chi connectivity index (χ0n) is 12.0. The molecule has 0 spiro atoms. The minimum absolute atomic E-state index is 0.496. The second-order valence-corrected chi connectivity index (χ2v) is 5.77. The van der Waals surface area contributed by atoms with Crippen LogP contribution < -0.4 is 4.80 Å². The van der Waals surface area contributed by atoms with E-state index in [2.05, 4.69) is 10.4 Å². The Kier molecular flexibility index (Phi) is 4.09. The lowest BCUT2D eigenvalue weighted by atomic mass is 9.96. The van der Waals surface area contributed by atoms with Crippen LogP contribution >= 0.6 is 11.3 Å². The van der Waals surface area contributed by atoms with Crippen molar-refractivity contribution in [3.8, 4) is 0 Å². The summed E-state index contributed by atoms with van der Waals surface area (Å²) in [5.41, 5.74) is 3.81. The van der Waals surface area contributed by atoms with E-state index in [1.54, 1.807) is 18.3 Å². The summed E-state index contributed by atoms with van der Waals surface area (Å²) in [4.78, 5) is 16.6. The van der Waals surface area contributed by atoms with E-state index in [1.165, 1.54) is 5.69 Å². The number of aliphatic carboxylic acids is 1. The number of carboxylic acid groups (broad SMARTS) is 1. The SMILES string of the molecule is Cc1cc(N=c2scc(C)n2C)ccc1C(C)C(=O)O. The molecule has 0 bridgehead atoms.